The van der Waals surface area contributed by atoms with Gasteiger partial charge in [0.1, 0.15) is 11.5 Å². The van der Waals surface area contributed by atoms with Crippen molar-refractivity contribution in [2.24, 2.45) is 0 Å². The number of nitrogens with one attached hydrogen (secondary N) is 1. The second-order valence-corrected chi connectivity index (χ2v) is 4.84. The SMILES string of the molecule is CCOc1cc(O)c2c(c1)C1(CCC1)N(O)C2=N. The maximum absolute atomic E-state index is 10.1. The number of benzene rings is 1. The topological polar surface area (TPSA) is 76.8 Å². The van der Waals surface area contributed by atoms with Crippen LogP contribution in [0.3, 0.4) is 0 Å². The zero-order valence-corrected chi connectivity index (χ0v) is 10.2. The highest BCUT2D eigenvalue weighted by atomic mass is 16.5. The van der Waals surface area contributed by atoms with Crippen LogP contribution in [-0.2, 0) is 5.54 Å². The van der Waals surface area contributed by atoms with Crippen molar-refractivity contribution < 1.29 is 15.1 Å². The van der Waals surface area contributed by atoms with Crippen molar-refractivity contribution in [2.75, 3.05) is 6.61 Å². The van der Waals surface area contributed by atoms with Crippen LogP contribution in [0.5, 0.6) is 11.5 Å². The smallest absolute Gasteiger partial charge is 0.157 e. The molecule has 1 fully saturated rings. The Bertz CT molecular complexity index is 523. The van der Waals surface area contributed by atoms with Crippen molar-refractivity contribution in [1.82, 2.24) is 5.06 Å². The minimum atomic E-state index is -0.517. The quantitative estimate of drug-likeness (QED) is 0.750. The number of hydrogen-bond donors (Lipinski definition) is 3. The molecule has 0 saturated heterocycles. The summed E-state index contributed by atoms with van der Waals surface area (Å²) in [5, 5.41) is 29.0. The first kappa shape index (κ1) is 11.3. The van der Waals surface area contributed by atoms with Crippen LogP contribution in [0.2, 0.25) is 0 Å². The van der Waals surface area contributed by atoms with Crippen molar-refractivity contribution in [3.8, 4) is 11.5 Å². The van der Waals surface area contributed by atoms with Gasteiger partial charge in [-0.2, -0.15) is 0 Å². The third kappa shape index (κ3) is 1.22. The Labute approximate surface area is 105 Å². The zero-order valence-electron chi connectivity index (χ0n) is 10.2. The lowest BCUT2D eigenvalue weighted by Crippen LogP contribution is -2.46. The molecule has 0 bridgehead atoms. The fourth-order valence-corrected chi connectivity index (χ4v) is 2.89. The van der Waals surface area contributed by atoms with Crippen molar-refractivity contribution in [2.45, 2.75) is 31.7 Å². The number of rotatable bonds is 2. The molecule has 0 atom stereocenters. The molecular formula is C13H16N2O3. The van der Waals surface area contributed by atoms with E-state index in [1.807, 2.05) is 13.0 Å². The van der Waals surface area contributed by atoms with Crippen LogP contribution in [-0.4, -0.2) is 27.8 Å². The summed E-state index contributed by atoms with van der Waals surface area (Å²) in [7, 11) is 0. The Morgan fingerprint density at radius 3 is 2.72 bits per heavy atom. The third-order valence-electron chi connectivity index (χ3n) is 3.94. The van der Waals surface area contributed by atoms with E-state index in [2.05, 4.69) is 0 Å². The summed E-state index contributed by atoms with van der Waals surface area (Å²) in [5.41, 5.74) is 0.724. The number of hydroxylamine groups is 2. The molecule has 3 rings (SSSR count). The molecule has 1 heterocycles. The van der Waals surface area contributed by atoms with E-state index in [1.54, 1.807) is 0 Å². The summed E-state index contributed by atoms with van der Waals surface area (Å²) in [6.07, 6.45) is 2.62. The van der Waals surface area contributed by atoms with E-state index in [4.69, 9.17) is 10.1 Å². The predicted molar refractivity (Wildman–Crippen MR) is 65.3 cm³/mol. The lowest BCUT2D eigenvalue weighted by atomic mass is 9.72. The van der Waals surface area contributed by atoms with E-state index >= 15 is 0 Å². The summed E-state index contributed by atoms with van der Waals surface area (Å²) >= 11 is 0. The van der Waals surface area contributed by atoms with Crippen LogP contribution >= 0.6 is 0 Å². The van der Waals surface area contributed by atoms with Crippen LogP contribution < -0.4 is 4.74 Å². The number of nitrogens with zero attached hydrogens (tertiary/aromatic N) is 1. The molecule has 3 N–H and O–H groups in total. The molecule has 1 aromatic rings. The van der Waals surface area contributed by atoms with E-state index in [0.29, 0.717) is 17.9 Å². The predicted octanol–water partition coefficient (Wildman–Crippen LogP) is 2.20. The van der Waals surface area contributed by atoms with Crippen molar-refractivity contribution in [3.05, 3.63) is 23.3 Å². The molecule has 1 spiro atoms. The Kier molecular flexibility index (Phi) is 2.28. The summed E-state index contributed by atoms with van der Waals surface area (Å²) in [4.78, 5) is 0. The normalized spacial score (nSPS) is 19.9. The van der Waals surface area contributed by atoms with Crippen molar-refractivity contribution in [1.29, 1.82) is 5.41 Å². The van der Waals surface area contributed by atoms with Crippen LogP contribution in [0, 0.1) is 5.41 Å². The second kappa shape index (κ2) is 3.62. The average Bonchev–Trinajstić information content (AvgIpc) is 2.48. The Morgan fingerprint density at radius 2 is 2.17 bits per heavy atom. The van der Waals surface area contributed by atoms with Crippen LogP contribution in [0.4, 0.5) is 0 Å². The second-order valence-electron chi connectivity index (χ2n) is 4.84. The minimum Gasteiger partial charge on any atom is -0.507 e. The molecule has 5 nitrogen and oxygen atoms in total. The molecule has 2 aliphatic rings. The maximum Gasteiger partial charge on any atom is 0.157 e. The average molecular weight is 248 g/mol. The fourth-order valence-electron chi connectivity index (χ4n) is 2.89. The lowest BCUT2D eigenvalue weighted by Gasteiger charge is -2.43. The molecule has 5 heteroatoms. The number of ether oxygens (including phenoxy) is 1. The standard InChI is InChI=1S/C13H16N2O3/c1-2-18-8-6-9-11(10(16)7-8)12(14)15(17)13(9)4-3-5-13/h6-7,14,16-17H,2-5H2,1H3. The summed E-state index contributed by atoms with van der Waals surface area (Å²) in [6.45, 7) is 2.40. The van der Waals surface area contributed by atoms with Gasteiger partial charge in [0.15, 0.2) is 5.84 Å². The van der Waals surface area contributed by atoms with E-state index in [9.17, 15) is 10.3 Å². The molecule has 0 aromatic heterocycles. The van der Waals surface area contributed by atoms with Gasteiger partial charge < -0.3 is 9.84 Å². The molecule has 18 heavy (non-hydrogen) atoms. The molecule has 1 aromatic carbocycles. The van der Waals surface area contributed by atoms with Crippen molar-refractivity contribution in [3.63, 3.8) is 0 Å². The molecule has 1 aliphatic heterocycles. The number of phenolic OH excluding ortho intramolecular Hbond substituents is 1. The van der Waals surface area contributed by atoms with E-state index in [0.717, 1.165) is 29.9 Å². The maximum atomic E-state index is 10.1. The highest BCUT2D eigenvalue weighted by Crippen LogP contribution is 2.54. The van der Waals surface area contributed by atoms with Crippen LogP contribution in [0.1, 0.15) is 37.3 Å². The molecular weight excluding hydrogens is 232 g/mol. The summed E-state index contributed by atoms with van der Waals surface area (Å²) in [5.74, 6) is 0.567. The Hall–Kier alpha value is -1.75. The first-order chi connectivity index (χ1) is 8.60. The first-order valence-corrected chi connectivity index (χ1v) is 6.18. The lowest BCUT2D eigenvalue weighted by molar-refractivity contribution is -0.138. The largest absolute Gasteiger partial charge is 0.507 e. The molecule has 0 radical (unpaired) electrons. The Balaban J connectivity index is 2.17. The molecule has 1 saturated carbocycles. The number of aromatic hydroxyl groups is 1. The van der Waals surface area contributed by atoms with Gasteiger partial charge in [0, 0.05) is 6.07 Å². The minimum absolute atomic E-state index is 0.00350. The molecule has 1 aliphatic carbocycles. The number of phenols is 1. The number of fused-ring (bicyclic) bond motifs is 2. The summed E-state index contributed by atoms with van der Waals surface area (Å²) < 4.78 is 5.41. The van der Waals surface area contributed by atoms with E-state index < -0.39 is 5.54 Å². The number of amidine groups is 1. The third-order valence-corrected chi connectivity index (χ3v) is 3.94. The Morgan fingerprint density at radius 1 is 1.44 bits per heavy atom. The van der Waals surface area contributed by atoms with Gasteiger partial charge in [-0.05, 0) is 37.8 Å². The summed E-state index contributed by atoms with van der Waals surface area (Å²) in [6, 6.07) is 3.34. The van der Waals surface area contributed by atoms with Gasteiger partial charge >= 0.3 is 0 Å². The van der Waals surface area contributed by atoms with Crippen molar-refractivity contribution >= 4 is 5.84 Å². The van der Waals surface area contributed by atoms with E-state index in [1.165, 1.54) is 6.07 Å². The highest BCUT2D eigenvalue weighted by molar-refractivity contribution is 6.03. The van der Waals surface area contributed by atoms with E-state index in [-0.39, 0.29) is 11.6 Å². The van der Waals surface area contributed by atoms with Crippen LogP contribution in [0.15, 0.2) is 12.1 Å². The highest BCUT2D eigenvalue weighted by Gasteiger charge is 2.53. The van der Waals surface area contributed by atoms with Gasteiger partial charge in [0.25, 0.3) is 0 Å². The van der Waals surface area contributed by atoms with Gasteiger partial charge in [-0.3, -0.25) is 10.6 Å². The molecule has 0 amide bonds. The number of hydrogen-bond acceptors (Lipinski definition) is 4. The van der Waals surface area contributed by atoms with Crippen LogP contribution in [0.25, 0.3) is 0 Å². The molecule has 96 valence electrons. The first-order valence-electron chi connectivity index (χ1n) is 6.18. The van der Waals surface area contributed by atoms with Gasteiger partial charge in [-0.25, -0.2) is 5.06 Å². The van der Waals surface area contributed by atoms with Gasteiger partial charge in [-0.15, -0.1) is 0 Å². The molecule has 0 unspecified atom stereocenters. The monoisotopic (exact) mass is 248 g/mol. The van der Waals surface area contributed by atoms with Gasteiger partial charge in [-0.1, -0.05) is 0 Å². The zero-order chi connectivity index (χ0) is 12.9. The fraction of sp³-hybridized carbons (Fsp3) is 0.462. The van der Waals surface area contributed by atoms with Gasteiger partial charge in [0.05, 0.1) is 17.7 Å². The van der Waals surface area contributed by atoms with Gasteiger partial charge in [0.2, 0.25) is 0 Å².